The van der Waals surface area contributed by atoms with Crippen LogP contribution in [0.15, 0.2) is 54.6 Å². The summed E-state index contributed by atoms with van der Waals surface area (Å²) in [5.74, 6) is -0.354. The van der Waals surface area contributed by atoms with Gasteiger partial charge in [-0.25, -0.2) is 0 Å². The van der Waals surface area contributed by atoms with Gasteiger partial charge in [0.1, 0.15) is 17.5 Å². The van der Waals surface area contributed by atoms with E-state index >= 15 is 0 Å². The highest BCUT2D eigenvalue weighted by atomic mass is 32.2. The molecule has 0 radical (unpaired) electrons. The molecule has 6 nitrogen and oxygen atoms in total. The third-order valence-corrected chi connectivity index (χ3v) is 7.98. The zero-order valence-electron chi connectivity index (χ0n) is 20.2. The zero-order valence-corrected chi connectivity index (χ0v) is 21.0. The van der Waals surface area contributed by atoms with Crippen LogP contribution < -0.4 is 10.6 Å². The van der Waals surface area contributed by atoms with Crippen molar-refractivity contribution in [2.45, 2.75) is 62.7 Å². The molecule has 2 heterocycles. The summed E-state index contributed by atoms with van der Waals surface area (Å²) in [4.78, 5) is 41.5. The fourth-order valence-electron chi connectivity index (χ4n) is 4.86. The maximum atomic E-state index is 13.6. The van der Waals surface area contributed by atoms with E-state index in [1.54, 1.807) is 16.7 Å². The van der Waals surface area contributed by atoms with Crippen LogP contribution in [-0.2, 0) is 16.0 Å². The van der Waals surface area contributed by atoms with Gasteiger partial charge in [0.2, 0.25) is 11.8 Å². The quantitative estimate of drug-likeness (QED) is 0.602. The topological polar surface area (TPSA) is 78.5 Å². The van der Waals surface area contributed by atoms with Crippen LogP contribution in [0.4, 0.5) is 0 Å². The van der Waals surface area contributed by atoms with Gasteiger partial charge in [-0.3, -0.25) is 14.4 Å². The molecule has 4 rings (SSSR count). The minimum absolute atomic E-state index is 0.119. The Morgan fingerprint density at radius 2 is 1.74 bits per heavy atom. The van der Waals surface area contributed by atoms with E-state index in [1.165, 1.54) is 0 Å². The number of amides is 3. The number of nitrogens with one attached hydrogen (secondary N) is 2. The number of carbonyl (C=O) groups excluding carboxylic acids is 3. The highest BCUT2D eigenvalue weighted by Crippen LogP contribution is 2.56. The molecule has 34 heavy (non-hydrogen) atoms. The van der Waals surface area contributed by atoms with E-state index in [4.69, 9.17) is 0 Å². The first kappa shape index (κ1) is 24.3. The molecular weight excluding hydrogens is 446 g/mol. The highest BCUT2D eigenvalue weighted by molar-refractivity contribution is 8.01. The predicted molar refractivity (Wildman–Crippen MR) is 135 cm³/mol. The van der Waals surface area contributed by atoms with Crippen molar-refractivity contribution < 1.29 is 14.4 Å². The fourth-order valence-corrected chi connectivity index (χ4v) is 6.44. The maximum absolute atomic E-state index is 13.6. The molecule has 1 fully saturated rings. The number of thioether (sulfide) groups is 1. The summed E-state index contributed by atoms with van der Waals surface area (Å²) in [7, 11) is 0. The molecular formula is C27H33N3O3S. The van der Waals surface area contributed by atoms with Gasteiger partial charge in [0.25, 0.3) is 5.91 Å². The monoisotopic (exact) mass is 479 g/mol. The van der Waals surface area contributed by atoms with Gasteiger partial charge in [0.15, 0.2) is 0 Å². The zero-order chi connectivity index (χ0) is 24.5. The van der Waals surface area contributed by atoms with Crippen LogP contribution in [0.5, 0.6) is 0 Å². The van der Waals surface area contributed by atoms with Gasteiger partial charge in [-0.05, 0) is 49.8 Å². The minimum Gasteiger partial charge on any atom is -0.354 e. The molecule has 180 valence electrons. The van der Waals surface area contributed by atoms with Gasteiger partial charge in [-0.2, -0.15) is 0 Å². The molecule has 0 bridgehead atoms. The summed E-state index contributed by atoms with van der Waals surface area (Å²) in [6, 6.07) is 16.2. The Morgan fingerprint density at radius 1 is 1.06 bits per heavy atom. The van der Waals surface area contributed by atoms with Crippen LogP contribution in [0.1, 0.15) is 61.0 Å². The second-order valence-corrected chi connectivity index (χ2v) is 11.7. The molecule has 3 atom stereocenters. The van der Waals surface area contributed by atoms with E-state index in [9.17, 15) is 14.4 Å². The van der Waals surface area contributed by atoms with Gasteiger partial charge in [-0.1, -0.05) is 62.4 Å². The molecule has 0 unspecified atom stereocenters. The van der Waals surface area contributed by atoms with E-state index in [2.05, 4.69) is 10.6 Å². The third-order valence-electron chi connectivity index (χ3n) is 6.44. The van der Waals surface area contributed by atoms with Crippen molar-refractivity contribution in [2.75, 3.05) is 6.54 Å². The van der Waals surface area contributed by atoms with Gasteiger partial charge in [-0.15, -0.1) is 11.8 Å². The fraction of sp³-hybridized carbons (Fsp3) is 0.444. The Balaban J connectivity index is 1.46. The van der Waals surface area contributed by atoms with Crippen LogP contribution in [0.25, 0.3) is 0 Å². The number of carbonyl (C=O) groups is 3. The molecule has 0 aliphatic carbocycles. The Morgan fingerprint density at radius 3 is 2.44 bits per heavy atom. The highest BCUT2D eigenvalue weighted by Gasteiger charge is 2.57. The lowest BCUT2D eigenvalue weighted by Crippen LogP contribution is -2.57. The van der Waals surface area contributed by atoms with Crippen molar-refractivity contribution in [3.63, 3.8) is 0 Å². The van der Waals surface area contributed by atoms with Gasteiger partial charge >= 0.3 is 0 Å². The Kier molecular flexibility index (Phi) is 7.03. The SMILES string of the molecule is CC(C)C[C@H](NC(=O)[C@@H]1N2C(=O)c3ccccc3[C@H]2SC1(C)C)C(=O)NCCc1ccccc1. The normalized spacial score (nSPS) is 21.2. The van der Waals surface area contributed by atoms with Crippen molar-refractivity contribution in [3.8, 4) is 0 Å². The number of hydrogen-bond donors (Lipinski definition) is 2. The number of benzene rings is 2. The van der Waals surface area contributed by atoms with Crippen LogP contribution in [0.3, 0.4) is 0 Å². The molecule has 2 aliphatic heterocycles. The van der Waals surface area contributed by atoms with Crippen molar-refractivity contribution >= 4 is 29.5 Å². The number of nitrogens with zero attached hydrogens (tertiary/aromatic N) is 1. The lowest BCUT2D eigenvalue weighted by Gasteiger charge is -2.31. The molecule has 0 aromatic heterocycles. The van der Waals surface area contributed by atoms with Gasteiger partial charge < -0.3 is 15.5 Å². The van der Waals surface area contributed by atoms with Gasteiger partial charge in [0.05, 0.1) is 0 Å². The average molecular weight is 480 g/mol. The first-order valence-electron chi connectivity index (χ1n) is 11.9. The van der Waals surface area contributed by atoms with Crippen LogP contribution in [0, 0.1) is 5.92 Å². The standard InChI is InChI=1S/C27H33N3O3S/c1-17(2)16-21(23(31)28-15-14-18-10-6-5-7-11-18)29-24(32)22-27(3,4)34-26-20-13-9-8-12-19(20)25(33)30(22)26/h5-13,17,21-22,26H,14-16H2,1-4H3,(H,28,31)(H,29,32)/t21-,22-,26+/m0/s1. The van der Waals surface area contributed by atoms with Crippen molar-refractivity contribution in [2.24, 2.45) is 5.92 Å². The smallest absolute Gasteiger partial charge is 0.256 e. The summed E-state index contributed by atoms with van der Waals surface area (Å²) < 4.78 is -0.482. The second kappa shape index (κ2) is 9.82. The Bertz CT molecular complexity index is 1070. The van der Waals surface area contributed by atoms with E-state index in [-0.39, 0.29) is 29.0 Å². The molecule has 2 N–H and O–H groups in total. The number of fused-ring (bicyclic) bond motifs is 3. The number of hydrogen-bond acceptors (Lipinski definition) is 4. The first-order valence-corrected chi connectivity index (χ1v) is 12.8. The lowest BCUT2D eigenvalue weighted by atomic mass is 9.98. The molecule has 2 aliphatic rings. The molecule has 1 saturated heterocycles. The Hall–Kier alpha value is -2.80. The number of rotatable bonds is 8. The lowest BCUT2D eigenvalue weighted by molar-refractivity contribution is -0.132. The third kappa shape index (κ3) is 4.85. The van der Waals surface area contributed by atoms with E-state index in [1.807, 2.05) is 82.3 Å². The summed E-state index contributed by atoms with van der Waals surface area (Å²) in [5.41, 5.74) is 2.76. The summed E-state index contributed by atoms with van der Waals surface area (Å²) in [5, 5.41) is 5.80. The van der Waals surface area contributed by atoms with E-state index in [0.29, 0.717) is 18.5 Å². The molecule has 0 spiro atoms. The molecule has 3 amide bonds. The molecule has 0 saturated carbocycles. The summed E-state index contributed by atoms with van der Waals surface area (Å²) in [6.07, 6.45) is 1.25. The van der Waals surface area contributed by atoms with Crippen LogP contribution in [-0.4, -0.2) is 46.0 Å². The summed E-state index contributed by atoms with van der Waals surface area (Å²) >= 11 is 1.63. The molecule has 7 heteroatoms. The summed E-state index contributed by atoms with van der Waals surface area (Å²) in [6.45, 7) is 8.55. The van der Waals surface area contributed by atoms with Crippen LogP contribution in [0.2, 0.25) is 0 Å². The van der Waals surface area contributed by atoms with Crippen molar-refractivity contribution in [3.05, 3.63) is 71.3 Å². The largest absolute Gasteiger partial charge is 0.354 e. The van der Waals surface area contributed by atoms with Crippen molar-refractivity contribution in [1.82, 2.24) is 15.5 Å². The Labute approximate surface area is 205 Å². The van der Waals surface area contributed by atoms with Crippen molar-refractivity contribution in [1.29, 1.82) is 0 Å². The second-order valence-electron chi connectivity index (χ2n) is 9.99. The molecule has 2 aromatic carbocycles. The minimum atomic E-state index is -0.658. The maximum Gasteiger partial charge on any atom is 0.256 e. The average Bonchev–Trinajstić information content (AvgIpc) is 3.22. The predicted octanol–water partition coefficient (Wildman–Crippen LogP) is 3.92. The van der Waals surface area contributed by atoms with Gasteiger partial charge in [0, 0.05) is 16.9 Å². The van der Waals surface area contributed by atoms with E-state index in [0.717, 1.165) is 17.5 Å². The van der Waals surface area contributed by atoms with E-state index < -0.39 is 16.8 Å². The first-order chi connectivity index (χ1) is 16.2. The molecule has 2 aromatic rings. The van der Waals surface area contributed by atoms with Crippen LogP contribution >= 0.6 is 11.8 Å².